The molecule has 3 aromatic rings. The van der Waals surface area contributed by atoms with Gasteiger partial charge in [-0.1, -0.05) is 23.7 Å². The topological polar surface area (TPSA) is 96.8 Å². The summed E-state index contributed by atoms with van der Waals surface area (Å²) in [5.74, 6) is -0.368. The van der Waals surface area contributed by atoms with Crippen LogP contribution in [0.5, 0.6) is 0 Å². The van der Waals surface area contributed by atoms with Gasteiger partial charge in [0, 0.05) is 19.3 Å². The van der Waals surface area contributed by atoms with E-state index in [-0.39, 0.29) is 24.6 Å². The van der Waals surface area contributed by atoms with Crippen molar-refractivity contribution in [2.75, 3.05) is 6.54 Å². The van der Waals surface area contributed by atoms with Crippen molar-refractivity contribution in [3.8, 4) is 0 Å². The van der Waals surface area contributed by atoms with Crippen molar-refractivity contribution in [1.82, 2.24) is 19.9 Å². The second-order valence-electron chi connectivity index (χ2n) is 5.02. The Morgan fingerprint density at radius 3 is 2.79 bits per heavy atom. The van der Waals surface area contributed by atoms with Gasteiger partial charge in [-0.2, -0.15) is 0 Å². The highest BCUT2D eigenvalue weighted by atomic mass is 35.5. The fraction of sp³-hybridized carbons (Fsp3) is 0.125. The highest BCUT2D eigenvalue weighted by Gasteiger charge is 2.11. The SMILES string of the molecule is O=C(NCCn1c(=O)[nH]c2ncccc2c1=O)c1ccccc1Cl. The van der Waals surface area contributed by atoms with Gasteiger partial charge >= 0.3 is 5.69 Å². The van der Waals surface area contributed by atoms with Crippen LogP contribution in [0.4, 0.5) is 0 Å². The maximum absolute atomic E-state index is 12.3. The zero-order chi connectivity index (χ0) is 17.1. The average Bonchev–Trinajstić information content (AvgIpc) is 2.58. The van der Waals surface area contributed by atoms with Crippen molar-refractivity contribution in [2.45, 2.75) is 6.54 Å². The Hall–Kier alpha value is -2.93. The van der Waals surface area contributed by atoms with Gasteiger partial charge < -0.3 is 5.32 Å². The molecule has 2 N–H and O–H groups in total. The number of benzene rings is 1. The van der Waals surface area contributed by atoms with Gasteiger partial charge in [-0.3, -0.25) is 19.1 Å². The standard InChI is InChI=1S/C16H13ClN4O3/c17-12-6-2-1-4-10(12)14(22)19-8-9-21-15(23)11-5-3-7-18-13(11)20-16(21)24/h1-7H,8-9H2,(H,19,22)(H,18,20,24). The number of aromatic nitrogens is 3. The number of aromatic amines is 1. The zero-order valence-electron chi connectivity index (χ0n) is 12.5. The number of hydrogen-bond donors (Lipinski definition) is 2. The second kappa shape index (κ2) is 6.67. The van der Waals surface area contributed by atoms with Crippen LogP contribution in [0.25, 0.3) is 11.0 Å². The summed E-state index contributed by atoms with van der Waals surface area (Å²) in [5, 5.41) is 3.29. The predicted octanol–water partition coefficient (Wildman–Crippen LogP) is 1.17. The predicted molar refractivity (Wildman–Crippen MR) is 90.4 cm³/mol. The molecule has 0 radical (unpaired) electrons. The largest absolute Gasteiger partial charge is 0.350 e. The molecule has 24 heavy (non-hydrogen) atoms. The van der Waals surface area contributed by atoms with Gasteiger partial charge in [-0.05, 0) is 24.3 Å². The van der Waals surface area contributed by atoms with Gasteiger partial charge in [0.1, 0.15) is 5.65 Å². The Morgan fingerprint density at radius 2 is 2.00 bits per heavy atom. The number of fused-ring (bicyclic) bond motifs is 1. The van der Waals surface area contributed by atoms with Crippen molar-refractivity contribution in [3.63, 3.8) is 0 Å². The van der Waals surface area contributed by atoms with Crippen LogP contribution in [0.2, 0.25) is 5.02 Å². The van der Waals surface area contributed by atoms with Crippen LogP contribution in [0.1, 0.15) is 10.4 Å². The first-order chi connectivity index (χ1) is 11.6. The summed E-state index contributed by atoms with van der Waals surface area (Å²) < 4.78 is 1.02. The van der Waals surface area contributed by atoms with E-state index < -0.39 is 11.2 Å². The molecule has 0 aliphatic carbocycles. The second-order valence-corrected chi connectivity index (χ2v) is 5.43. The zero-order valence-corrected chi connectivity index (χ0v) is 13.2. The summed E-state index contributed by atoms with van der Waals surface area (Å²) in [6.45, 7) is 0.147. The molecule has 2 aromatic heterocycles. The third kappa shape index (κ3) is 3.07. The molecule has 7 nitrogen and oxygen atoms in total. The van der Waals surface area contributed by atoms with Crippen LogP contribution < -0.4 is 16.6 Å². The Morgan fingerprint density at radius 1 is 1.21 bits per heavy atom. The van der Waals surface area contributed by atoms with E-state index in [1.165, 1.54) is 6.20 Å². The first kappa shape index (κ1) is 15.9. The molecule has 122 valence electrons. The minimum absolute atomic E-state index is 0.0369. The Bertz CT molecular complexity index is 1030. The maximum Gasteiger partial charge on any atom is 0.330 e. The number of H-pyrrole nitrogens is 1. The van der Waals surface area contributed by atoms with Gasteiger partial charge in [0.2, 0.25) is 0 Å². The molecule has 1 aromatic carbocycles. The minimum atomic E-state index is -0.571. The van der Waals surface area contributed by atoms with Crippen molar-refractivity contribution in [2.24, 2.45) is 0 Å². The summed E-state index contributed by atoms with van der Waals surface area (Å²) in [6, 6.07) is 9.83. The van der Waals surface area contributed by atoms with Gasteiger partial charge in [-0.15, -0.1) is 0 Å². The number of amides is 1. The van der Waals surface area contributed by atoms with E-state index in [2.05, 4.69) is 15.3 Å². The summed E-state index contributed by atoms with van der Waals surface area (Å²) in [6.07, 6.45) is 1.49. The normalized spacial score (nSPS) is 10.7. The molecule has 3 rings (SSSR count). The van der Waals surface area contributed by atoms with Crippen molar-refractivity contribution < 1.29 is 4.79 Å². The van der Waals surface area contributed by atoms with Crippen LogP contribution in [-0.4, -0.2) is 27.0 Å². The Kier molecular flexibility index (Phi) is 4.43. The van der Waals surface area contributed by atoms with E-state index in [0.717, 1.165) is 4.57 Å². The Balaban J connectivity index is 1.77. The van der Waals surface area contributed by atoms with E-state index in [0.29, 0.717) is 16.0 Å². The fourth-order valence-electron chi connectivity index (χ4n) is 2.31. The molecule has 0 atom stereocenters. The molecular formula is C16H13ClN4O3. The number of halogens is 1. The average molecular weight is 345 g/mol. The Labute approximate surface area is 140 Å². The number of carbonyl (C=O) groups excluding carboxylic acids is 1. The van der Waals surface area contributed by atoms with Crippen LogP contribution in [0.3, 0.4) is 0 Å². The summed E-state index contributed by atoms with van der Waals surface area (Å²) >= 11 is 5.95. The quantitative estimate of drug-likeness (QED) is 0.742. The number of rotatable bonds is 4. The number of pyridine rings is 1. The van der Waals surface area contributed by atoms with Gasteiger partial charge in [-0.25, -0.2) is 9.78 Å². The molecule has 0 aliphatic rings. The monoisotopic (exact) mass is 344 g/mol. The van der Waals surface area contributed by atoms with Crippen LogP contribution in [0, 0.1) is 0 Å². The summed E-state index contributed by atoms with van der Waals surface area (Å²) in [4.78, 5) is 42.9. The molecule has 0 saturated heterocycles. The minimum Gasteiger partial charge on any atom is -0.350 e. The number of nitrogens with one attached hydrogen (secondary N) is 2. The molecule has 0 unspecified atom stereocenters. The lowest BCUT2D eigenvalue weighted by molar-refractivity contribution is 0.0952. The van der Waals surface area contributed by atoms with Crippen LogP contribution in [0.15, 0.2) is 52.2 Å². The first-order valence-electron chi connectivity index (χ1n) is 7.18. The van der Waals surface area contributed by atoms with Crippen LogP contribution >= 0.6 is 11.6 Å². The van der Waals surface area contributed by atoms with Gasteiger partial charge in [0.25, 0.3) is 11.5 Å². The van der Waals surface area contributed by atoms with E-state index in [4.69, 9.17) is 11.6 Å². The maximum atomic E-state index is 12.3. The molecule has 2 heterocycles. The summed E-state index contributed by atoms with van der Waals surface area (Å²) in [7, 11) is 0. The number of nitrogens with zero attached hydrogens (tertiary/aromatic N) is 2. The molecule has 1 amide bonds. The highest BCUT2D eigenvalue weighted by Crippen LogP contribution is 2.14. The molecular weight excluding hydrogens is 332 g/mol. The third-order valence-electron chi connectivity index (χ3n) is 3.49. The molecule has 0 spiro atoms. The lowest BCUT2D eigenvalue weighted by Gasteiger charge is -2.08. The first-order valence-corrected chi connectivity index (χ1v) is 7.56. The van der Waals surface area contributed by atoms with Crippen molar-refractivity contribution in [3.05, 3.63) is 74.0 Å². The van der Waals surface area contributed by atoms with E-state index in [1.807, 2.05) is 0 Å². The number of hydrogen-bond acceptors (Lipinski definition) is 4. The molecule has 0 bridgehead atoms. The van der Waals surface area contributed by atoms with Gasteiger partial charge in [0.15, 0.2) is 0 Å². The molecule has 0 fully saturated rings. The highest BCUT2D eigenvalue weighted by molar-refractivity contribution is 6.33. The molecule has 0 saturated carbocycles. The molecule has 8 heteroatoms. The number of carbonyl (C=O) groups is 1. The van der Waals surface area contributed by atoms with E-state index >= 15 is 0 Å². The molecule has 0 aliphatic heterocycles. The lowest BCUT2D eigenvalue weighted by atomic mass is 10.2. The van der Waals surface area contributed by atoms with E-state index in [9.17, 15) is 14.4 Å². The van der Waals surface area contributed by atoms with Crippen molar-refractivity contribution >= 4 is 28.5 Å². The fourth-order valence-corrected chi connectivity index (χ4v) is 2.53. The third-order valence-corrected chi connectivity index (χ3v) is 3.82. The van der Waals surface area contributed by atoms with Crippen molar-refractivity contribution in [1.29, 1.82) is 0 Å². The van der Waals surface area contributed by atoms with Crippen LogP contribution in [-0.2, 0) is 6.54 Å². The lowest BCUT2D eigenvalue weighted by Crippen LogP contribution is -2.39. The summed E-state index contributed by atoms with van der Waals surface area (Å²) in [5.41, 5.74) is -0.445. The van der Waals surface area contributed by atoms with E-state index in [1.54, 1.807) is 36.4 Å². The smallest absolute Gasteiger partial charge is 0.330 e. The van der Waals surface area contributed by atoms with Gasteiger partial charge in [0.05, 0.1) is 16.0 Å².